The van der Waals surface area contributed by atoms with Crippen LogP contribution < -0.4 is 0 Å². The molecule has 0 N–H and O–H groups in total. The lowest BCUT2D eigenvalue weighted by Gasteiger charge is -2.09. The van der Waals surface area contributed by atoms with E-state index in [1.807, 2.05) is 0 Å². The lowest BCUT2D eigenvalue weighted by atomic mass is 10.1. The summed E-state index contributed by atoms with van der Waals surface area (Å²) >= 11 is 2.23. The van der Waals surface area contributed by atoms with Crippen molar-refractivity contribution >= 4 is 22.6 Å². The zero-order chi connectivity index (χ0) is 9.61. The highest BCUT2D eigenvalue weighted by Gasteiger charge is 2.26. The molecule has 0 aliphatic carbocycles. The maximum Gasteiger partial charge on any atom is 0.389 e. The predicted molar refractivity (Wildman–Crippen MR) is 52.6 cm³/mol. The molecule has 4 heteroatoms. The van der Waals surface area contributed by atoms with Gasteiger partial charge < -0.3 is 0 Å². The molecule has 0 fully saturated rings. The van der Waals surface area contributed by atoms with Gasteiger partial charge in [0.05, 0.1) is 0 Å². The number of halogens is 4. The Kier molecular flexibility index (Phi) is 6.31. The molecule has 1 unspecified atom stereocenters. The average molecular weight is 294 g/mol. The standard InChI is InChI=1S/C8H14F3I/c1-2-4-7(12)5-3-6-8(9,10)11/h7H,2-6H2,1H3. The van der Waals surface area contributed by atoms with Crippen LogP contribution in [0.2, 0.25) is 0 Å². The summed E-state index contributed by atoms with van der Waals surface area (Å²) in [7, 11) is 0. The van der Waals surface area contributed by atoms with Gasteiger partial charge in [0.15, 0.2) is 0 Å². The van der Waals surface area contributed by atoms with Gasteiger partial charge in [-0.2, -0.15) is 13.2 Å². The maximum absolute atomic E-state index is 11.7. The van der Waals surface area contributed by atoms with Crippen LogP contribution in [0.3, 0.4) is 0 Å². The highest BCUT2D eigenvalue weighted by Crippen LogP contribution is 2.25. The lowest BCUT2D eigenvalue weighted by Crippen LogP contribution is -2.08. The summed E-state index contributed by atoms with van der Waals surface area (Å²) in [6.45, 7) is 2.05. The molecule has 0 spiro atoms. The van der Waals surface area contributed by atoms with Crippen molar-refractivity contribution in [3.8, 4) is 0 Å². The van der Waals surface area contributed by atoms with E-state index in [9.17, 15) is 13.2 Å². The third kappa shape index (κ3) is 8.62. The highest BCUT2D eigenvalue weighted by atomic mass is 127. The molecule has 0 saturated carbocycles. The van der Waals surface area contributed by atoms with Crippen molar-refractivity contribution in [1.82, 2.24) is 0 Å². The smallest absolute Gasteiger partial charge is 0.171 e. The molecule has 12 heavy (non-hydrogen) atoms. The topological polar surface area (TPSA) is 0 Å². The van der Waals surface area contributed by atoms with Crippen LogP contribution in [0.15, 0.2) is 0 Å². The Bertz CT molecular complexity index is 111. The zero-order valence-corrected chi connectivity index (χ0v) is 9.28. The van der Waals surface area contributed by atoms with E-state index in [2.05, 4.69) is 29.5 Å². The van der Waals surface area contributed by atoms with E-state index < -0.39 is 12.6 Å². The Hall–Kier alpha value is 0.520. The van der Waals surface area contributed by atoms with Crippen LogP contribution in [-0.4, -0.2) is 10.1 Å². The van der Waals surface area contributed by atoms with Crippen LogP contribution in [0.25, 0.3) is 0 Å². The fraction of sp³-hybridized carbons (Fsp3) is 1.00. The van der Waals surface area contributed by atoms with E-state index >= 15 is 0 Å². The van der Waals surface area contributed by atoms with E-state index in [0.29, 0.717) is 10.3 Å². The molecule has 0 aromatic heterocycles. The first-order chi connectivity index (χ1) is 5.45. The first-order valence-electron chi connectivity index (χ1n) is 4.16. The lowest BCUT2D eigenvalue weighted by molar-refractivity contribution is -0.135. The minimum absolute atomic E-state index is 0.275. The molecule has 0 saturated heterocycles. The molecule has 0 rings (SSSR count). The van der Waals surface area contributed by atoms with Crippen LogP contribution in [-0.2, 0) is 0 Å². The van der Waals surface area contributed by atoms with Crippen molar-refractivity contribution in [2.75, 3.05) is 0 Å². The first-order valence-corrected chi connectivity index (χ1v) is 5.41. The Labute approximate surface area is 85.1 Å². The molecule has 0 radical (unpaired) electrons. The largest absolute Gasteiger partial charge is 0.389 e. The normalized spacial score (nSPS) is 14.8. The van der Waals surface area contributed by atoms with Gasteiger partial charge in [-0.3, -0.25) is 0 Å². The fourth-order valence-electron chi connectivity index (χ4n) is 0.982. The molecular weight excluding hydrogens is 280 g/mol. The van der Waals surface area contributed by atoms with Gasteiger partial charge in [0.25, 0.3) is 0 Å². The predicted octanol–water partition coefficient (Wildman–Crippen LogP) is 4.32. The minimum Gasteiger partial charge on any atom is -0.171 e. The molecule has 0 aromatic carbocycles. The van der Waals surface area contributed by atoms with E-state index in [4.69, 9.17) is 0 Å². The maximum atomic E-state index is 11.7. The van der Waals surface area contributed by atoms with E-state index in [-0.39, 0.29) is 6.42 Å². The second-order valence-electron chi connectivity index (χ2n) is 2.89. The Morgan fingerprint density at radius 2 is 1.83 bits per heavy atom. The molecule has 0 heterocycles. The molecule has 1 atom stereocenters. The highest BCUT2D eigenvalue weighted by molar-refractivity contribution is 14.1. The van der Waals surface area contributed by atoms with Crippen molar-refractivity contribution in [3.05, 3.63) is 0 Å². The summed E-state index contributed by atoms with van der Waals surface area (Å²) in [6.07, 6.45) is -1.55. The summed E-state index contributed by atoms with van der Waals surface area (Å²) in [4.78, 5) is 0. The summed E-state index contributed by atoms with van der Waals surface area (Å²) < 4.78 is 35.5. The average Bonchev–Trinajstić information content (AvgIpc) is 1.84. The van der Waals surface area contributed by atoms with Crippen molar-refractivity contribution in [2.24, 2.45) is 0 Å². The summed E-state index contributed by atoms with van der Waals surface area (Å²) in [6, 6.07) is 0. The molecule has 0 aliphatic heterocycles. The SMILES string of the molecule is CCCC(I)CCCC(F)(F)F. The second-order valence-corrected chi connectivity index (χ2v) is 4.65. The minimum atomic E-state index is -3.97. The quantitative estimate of drug-likeness (QED) is 0.523. The monoisotopic (exact) mass is 294 g/mol. The molecule has 0 amide bonds. The third-order valence-corrected chi connectivity index (χ3v) is 2.83. The first kappa shape index (κ1) is 12.5. The number of rotatable bonds is 5. The summed E-state index contributed by atoms with van der Waals surface area (Å²) in [5.74, 6) is 0. The van der Waals surface area contributed by atoms with Gasteiger partial charge in [-0.15, -0.1) is 0 Å². The van der Waals surface area contributed by atoms with Gasteiger partial charge in [-0.05, 0) is 19.3 Å². The van der Waals surface area contributed by atoms with Gasteiger partial charge >= 0.3 is 6.18 Å². The zero-order valence-electron chi connectivity index (χ0n) is 7.12. The molecule has 0 aromatic rings. The van der Waals surface area contributed by atoms with Crippen molar-refractivity contribution < 1.29 is 13.2 Å². The number of hydrogen-bond acceptors (Lipinski definition) is 0. The molecule has 0 nitrogen and oxygen atoms in total. The molecular formula is C8H14F3I. The van der Waals surface area contributed by atoms with Crippen LogP contribution in [0, 0.1) is 0 Å². The third-order valence-electron chi connectivity index (χ3n) is 1.58. The Balaban J connectivity index is 3.31. The van der Waals surface area contributed by atoms with Gasteiger partial charge in [0.1, 0.15) is 0 Å². The van der Waals surface area contributed by atoms with Crippen LogP contribution in [0.5, 0.6) is 0 Å². The van der Waals surface area contributed by atoms with E-state index in [1.54, 1.807) is 0 Å². The van der Waals surface area contributed by atoms with E-state index in [1.165, 1.54) is 0 Å². The number of alkyl halides is 4. The van der Waals surface area contributed by atoms with Crippen LogP contribution >= 0.6 is 22.6 Å². The van der Waals surface area contributed by atoms with Gasteiger partial charge in [0, 0.05) is 10.3 Å². The van der Waals surface area contributed by atoms with Crippen LogP contribution in [0.4, 0.5) is 13.2 Å². The van der Waals surface area contributed by atoms with Crippen molar-refractivity contribution in [1.29, 1.82) is 0 Å². The van der Waals surface area contributed by atoms with Gasteiger partial charge in [-0.1, -0.05) is 35.9 Å². The van der Waals surface area contributed by atoms with Gasteiger partial charge in [-0.25, -0.2) is 0 Å². The van der Waals surface area contributed by atoms with E-state index in [0.717, 1.165) is 12.8 Å². The van der Waals surface area contributed by atoms with Crippen molar-refractivity contribution in [3.63, 3.8) is 0 Å². The van der Waals surface area contributed by atoms with Gasteiger partial charge in [0.2, 0.25) is 0 Å². The van der Waals surface area contributed by atoms with Crippen LogP contribution in [0.1, 0.15) is 39.0 Å². The molecule has 0 aliphatic rings. The Morgan fingerprint density at radius 1 is 1.25 bits per heavy atom. The van der Waals surface area contributed by atoms with Crippen molar-refractivity contribution in [2.45, 2.75) is 49.1 Å². The summed E-state index contributed by atoms with van der Waals surface area (Å²) in [5, 5.41) is 0. The molecule has 74 valence electrons. The fourth-order valence-corrected chi connectivity index (χ4v) is 2.04. The molecule has 0 bridgehead atoms. The Morgan fingerprint density at radius 3 is 2.25 bits per heavy atom. The summed E-state index contributed by atoms with van der Waals surface area (Å²) in [5.41, 5.74) is 0. The number of hydrogen-bond donors (Lipinski definition) is 0. The second kappa shape index (κ2) is 6.05.